The number of nitrogens with one attached hydrogen (secondary N) is 1. The molecule has 3 N–H and O–H groups in total. The Morgan fingerprint density at radius 3 is 2.67 bits per heavy atom. The van der Waals surface area contributed by atoms with E-state index in [1.54, 1.807) is 36.4 Å². The second-order valence-corrected chi connectivity index (χ2v) is 8.04. The Kier molecular flexibility index (Phi) is 4.55. The summed E-state index contributed by atoms with van der Waals surface area (Å²) in [7, 11) is -3.81. The molecule has 1 aromatic heterocycles. The number of benzene rings is 3. The molecule has 4 rings (SSSR count). The minimum Gasteiger partial charge on any atom is -0.494 e. The third-order valence-electron chi connectivity index (χ3n) is 4.41. The number of H-pyrrole nitrogens is 1. The van der Waals surface area contributed by atoms with Gasteiger partial charge in [-0.05, 0) is 42.6 Å². The molecule has 0 amide bonds. The van der Waals surface area contributed by atoms with E-state index >= 15 is 0 Å². The molecule has 0 fully saturated rings. The fraction of sp³-hybridized carbons (Fsp3) is 0.150. The zero-order valence-electron chi connectivity index (χ0n) is 14.6. The maximum atomic E-state index is 13.4. The lowest BCUT2D eigenvalue weighted by molar-refractivity contribution is 0.314. The van der Waals surface area contributed by atoms with E-state index in [0.717, 1.165) is 11.8 Å². The molecule has 138 valence electrons. The van der Waals surface area contributed by atoms with Gasteiger partial charge in [-0.25, -0.2) is 8.42 Å². The normalized spacial score (nSPS) is 11.9. The molecule has 1 heterocycles. The molecule has 6 nitrogen and oxygen atoms in total. The first-order chi connectivity index (χ1) is 13.1. The Bertz CT molecular complexity index is 1210. The van der Waals surface area contributed by atoms with Gasteiger partial charge >= 0.3 is 0 Å². The molecule has 4 aromatic rings. The Morgan fingerprint density at radius 2 is 1.81 bits per heavy atom. The van der Waals surface area contributed by atoms with Crippen LogP contribution in [0.4, 0.5) is 0 Å². The molecule has 0 aliphatic rings. The summed E-state index contributed by atoms with van der Waals surface area (Å²) in [5, 5.41) is 8.94. The average Bonchev–Trinajstić information content (AvgIpc) is 3.12. The number of aromatic amines is 1. The third-order valence-corrected chi connectivity index (χ3v) is 6.17. The van der Waals surface area contributed by atoms with Gasteiger partial charge in [0.15, 0.2) is 5.03 Å². The maximum absolute atomic E-state index is 13.4. The Morgan fingerprint density at radius 1 is 1.00 bits per heavy atom. The number of nitrogens with zero attached hydrogens (tertiary/aromatic N) is 1. The van der Waals surface area contributed by atoms with Crippen molar-refractivity contribution in [2.24, 2.45) is 5.73 Å². The molecule has 0 saturated heterocycles. The molecule has 27 heavy (non-hydrogen) atoms. The van der Waals surface area contributed by atoms with Gasteiger partial charge in [0.05, 0.1) is 17.0 Å². The average molecular weight is 381 g/mol. The van der Waals surface area contributed by atoms with E-state index in [1.165, 1.54) is 0 Å². The Balaban J connectivity index is 1.84. The first kappa shape index (κ1) is 17.5. The topological polar surface area (TPSA) is 98.1 Å². The summed E-state index contributed by atoms with van der Waals surface area (Å²) in [6.07, 6.45) is 0.727. The van der Waals surface area contributed by atoms with Crippen LogP contribution in [0.1, 0.15) is 6.42 Å². The molecule has 0 aliphatic carbocycles. The van der Waals surface area contributed by atoms with Crippen molar-refractivity contribution in [3.63, 3.8) is 0 Å². The summed E-state index contributed by atoms with van der Waals surface area (Å²) >= 11 is 0. The monoisotopic (exact) mass is 381 g/mol. The molecule has 0 saturated carbocycles. The zero-order valence-corrected chi connectivity index (χ0v) is 15.4. The van der Waals surface area contributed by atoms with Crippen LogP contribution in [0.15, 0.2) is 70.6 Å². The van der Waals surface area contributed by atoms with Gasteiger partial charge in [0, 0.05) is 10.8 Å². The highest BCUT2D eigenvalue weighted by Gasteiger charge is 2.25. The standard InChI is InChI=1S/C20H19N3O3S/c21-11-4-12-26-15-9-10-18-17(13-15)20(23-22-18)27(24,25)19-8-3-6-14-5-1-2-7-16(14)19/h1-3,5-10,13H,4,11-12,21H2,(H,22,23). The van der Waals surface area contributed by atoms with Gasteiger partial charge in [0.1, 0.15) is 5.75 Å². The second kappa shape index (κ2) is 7.02. The van der Waals surface area contributed by atoms with Gasteiger partial charge in [-0.1, -0.05) is 36.4 Å². The van der Waals surface area contributed by atoms with Crippen LogP contribution in [0.3, 0.4) is 0 Å². The van der Waals surface area contributed by atoms with Crippen molar-refractivity contribution in [3.05, 3.63) is 60.7 Å². The number of aromatic nitrogens is 2. The Hall–Kier alpha value is -2.90. The van der Waals surface area contributed by atoms with Crippen LogP contribution in [0.25, 0.3) is 21.7 Å². The predicted molar refractivity (Wildman–Crippen MR) is 105 cm³/mol. The van der Waals surface area contributed by atoms with E-state index in [4.69, 9.17) is 10.5 Å². The van der Waals surface area contributed by atoms with Gasteiger partial charge in [0.25, 0.3) is 0 Å². The lowest BCUT2D eigenvalue weighted by Crippen LogP contribution is -2.06. The van der Waals surface area contributed by atoms with Crippen molar-refractivity contribution in [3.8, 4) is 5.75 Å². The molecule has 0 unspecified atom stereocenters. The maximum Gasteiger partial charge on any atom is 0.226 e. The van der Waals surface area contributed by atoms with Crippen LogP contribution < -0.4 is 10.5 Å². The SMILES string of the molecule is NCCCOc1ccc2[nH]nc(S(=O)(=O)c3cccc4ccccc34)c2c1. The van der Waals surface area contributed by atoms with E-state index in [1.807, 2.05) is 24.3 Å². The summed E-state index contributed by atoms with van der Waals surface area (Å²) < 4.78 is 32.4. The van der Waals surface area contributed by atoms with Crippen LogP contribution in [-0.4, -0.2) is 31.8 Å². The quantitative estimate of drug-likeness (QED) is 0.500. The van der Waals surface area contributed by atoms with E-state index in [0.29, 0.717) is 35.2 Å². The number of ether oxygens (including phenoxy) is 1. The van der Waals surface area contributed by atoms with Gasteiger partial charge in [0.2, 0.25) is 9.84 Å². The minimum absolute atomic E-state index is 0.00173. The van der Waals surface area contributed by atoms with Crippen molar-refractivity contribution in [1.29, 1.82) is 0 Å². The number of nitrogens with two attached hydrogens (primary N) is 1. The van der Waals surface area contributed by atoms with Crippen LogP contribution in [-0.2, 0) is 9.84 Å². The van der Waals surface area contributed by atoms with Crippen molar-refractivity contribution in [2.45, 2.75) is 16.3 Å². The largest absolute Gasteiger partial charge is 0.494 e. The second-order valence-electron chi connectivity index (χ2n) is 6.21. The summed E-state index contributed by atoms with van der Waals surface area (Å²) in [6, 6.07) is 17.9. The number of fused-ring (bicyclic) bond motifs is 2. The third kappa shape index (κ3) is 3.15. The van der Waals surface area contributed by atoms with E-state index < -0.39 is 9.84 Å². The van der Waals surface area contributed by atoms with Crippen molar-refractivity contribution in [1.82, 2.24) is 10.2 Å². The highest BCUT2D eigenvalue weighted by atomic mass is 32.2. The highest BCUT2D eigenvalue weighted by molar-refractivity contribution is 7.91. The fourth-order valence-corrected chi connectivity index (χ4v) is 4.64. The molecule has 0 atom stereocenters. The lowest BCUT2D eigenvalue weighted by atomic mass is 10.1. The predicted octanol–water partition coefficient (Wildman–Crippen LogP) is 3.28. The first-order valence-corrected chi connectivity index (χ1v) is 10.1. The van der Waals surface area contributed by atoms with Crippen LogP contribution in [0.2, 0.25) is 0 Å². The van der Waals surface area contributed by atoms with Gasteiger partial charge in [-0.3, -0.25) is 5.10 Å². The molecule has 3 aromatic carbocycles. The summed E-state index contributed by atoms with van der Waals surface area (Å²) in [5.74, 6) is 0.590. The van der Waals surface area contributed by atoms with Gasteiger partial charge in [-0.15, -0.1) is 0 Å². The summed E-state index contributed by atoms with van der Waals surface area (Å²) in [4.78, 5) is 0.239. The first-order valence-electron chi connectivity index (χ1n) is 8.65. The van der Waals surface area contributed by atoms with Gasteiger partial charge < -0.3 is 10.5 Å². The van der Waals surface area contributed by atoms with Crippen LogP contribution in [0, 0.1) is 0 Å². The van der Waals surface area contributed by atoms with Crippen molar-refractivity contribution >= 4 is 31.5 Å². The number of sulfone groups is 1. The Labute approximate surface area is 156 Å². The lowest BCUT2D eigenvalue weighted by Gasteiger charge is -2.08. The summed E-state index contributed by atoms with van der Waals surface area (Å²) in [5.41, 5.74) is 6.12. The zero-order chi connectivity index (χ0) is 18.9. The van der Waals surface area contributed by atoms with Crippen LogP contribution >= 0.6 is 0 Å². The molecule has 0 spiro atoms. The van der Waals surface area contributed by atoms with E-state index in [9.17, 15) is 8.42 Å². The highest BCUT2D eigenvalue weighted by Crippen LogP contribution is 2.32. The molecular weight excluding hydrogens is 362 g/mol. The van der Waals surface area contributed by atoms with E-state index in [2.05, 4.69) is 10.2 Å². The summed E-state index contributed by atoms with van der Waals surface area (Å²) in [6.45, 7) is 1.01. The number of hydrogen-bond acceptors (Lipinski definition) is 5. The fourth-order valence-electron chi connectivity index (χ4n) is 3.07. The smallest absolute Gasteiger partial charge is 0.226 e. The minimum atomic E-state index is -3.81. The van der Waals surface area contributed by atoms with Gasteiger partial charge in [-0.2, -0.15) is 5.10 Å². The molecule has 7 heteroatoms. The molecule has 0 radical (unpaired) electrons. The number of rotatable bonds is 6. The van der Waals surface area contributed by atoms with E-state index in [-0.39, 0.29) is 9.92 Å². The van der Waals surface area contributed by atoms with Crippen molar-refractivity contribution < 1.29 is 13.2 Å². The van der Waals surface area contributed by atoms with Crippen LogP contribution in [0.5, 0.6) is 5.75 Å². The molecular formula is C20H19N3O3S. The molecule has 0 bridgehead atoms. The van der Waals surface area contributed by atoms with Crippen molar-refractivity contribution in [2.75, 3.05) is 13.2 Å². The number of hydrogen-bond donors (Lipinski definition) is 2. The molecule has 0 aliphatic heterocycles.